The summed E-state index contributed by atoms with van der Waals surface area (Å²) in [6.07, 6.45) is 4.17. The van der Waals surface area contributed by atoms with Crippen LogP contribution in [0.2, 0.25) is 5.02 Å². The molecule has 3 atom stereocenters. The quantitative estimate of drug-likeness (QED) is 0.355. The Hall–Kier alpha value is -0.570. The van der Waals surface area contributed by atoms with Crippen LogP contribution in [-0.4, -0.2) is 46.3 Å². The van der Waals surface area contributed by atoms with Crippen molar-refractivity contribution in [1.82, 2.24) is 4.90 Å². The first kappa shape index (κ1) is 20.7. The van der Waals surface area contributed by atoms with E-state index in [0.717, 1.165) is 37.7 Å². The molecule has 0 radical (unpaired) electrons. The Morgan fingerprint density at radius 1 is 1.56 bits per heavy atom. The van der Waals surface area contributed by atoms with Gasteiger partial charge in [0, 0.05) is 29.2 Å². The molecule has 0 aliphatic carbocycles. The summed E-state index contributed by atoms with van der Waals surface area (Å²) in [6, 6.07) is 6.44. The highest BCUT2D eigenvalue weighted by Crippen LogP contribution is 2.42. The van der Waals surface area contributed by atoms with Gasteiger partial charge in [0.25, 0.3) is 0 Å². The van der Waals surface area contributed by atoms with Gasteiger partial charge in [0.15, 0.2) is 0 Å². The number of carbonyl (C=O) groups excluding carboxylic acids is 1. The number of methoxy groups -OCH3 is 1. The fourth-order valence-corrected chi connectivity index (χ4v) is 5.00. The average molecular weight is 481 g/mol. The summed E-state index contributed by atoms with van der Waals surface area (Å²) in [6.45, 7) is 1.21. The van der Waals surface area contributed by atoms with E-state index in [9.17, 15) is 9.90 Å². The number of benzene rings is 1. The lowest BCUT2D eigenvalue weighted by atomic mass is 9.77. The Labute approximate surface area is 168 Å². The van der Waals surface area contributed by atoms with Crippen LogP contribution in [0.25, 0.3) is 0 Å². The first-order chi connectivity index (χ1) is 11.9. The van der Waals surface area contributed by atoms with E-state index in [1.54, 1.807) is 24.1 Å². The molecule has 3 N–H and O–H groups in total. The molecule has 2 amide bonds. The van der Waals surface area contributed by atoms with Crippen LogP contribution >= 0.6 is 34.2 Å². The van der Waals surface area contributed by atoms with Crippen LogP contribution in [0.5, 0.6) is 0 Å². The summed E-state index contributed by atoms with van der Waals surface area (Å²) in [7, 11) is 1.67. The number of nitrogens with two attached hydrogens (primary N) is 1. The molecule has 0 saturated carbocycles. The van der Waals surface area contributed by atoms with Gasteiger partial charge in [-0.05, 0) is 49.8 Å². The molecule has 1 aliphatic heterocycles. The SMILES string of the molecule is COCCCC(I)[C@](O)(c1cccc(Cl)c1)C1CCCCN1C(N)=O. The van der Waals surface area contributed by atoms with Crippen LogP contribution < -0.4 is 5.73 Å². The summed E-state index contributed by atoms with van der Waals surface area (Å²) in [4.78, 5) is 13.6. The van der Waals surface area contributed by atoms with E-state index < -0.39 is 11.6 Å². The van der Waals surface area contributed by atoms with Gasteiger partial charge in [-0.2, -0.15) is 0 Å². The Morgan fingerprint density at radius 3 is 2.96 bits per heavy atom. The van der Waals surface area contributed by atoms with Crippen molar-refractivity contribution < 1.29 is 14.6 Å². The van der Waals surface area contributed by atoms with E-state index in [2.05, 4.69) is 22.6 Å². The van der Waals surface area contributed by atoms with E-state index in [1.165, 1.54) is 0 Å². The maximum atomic E-state index is 12.0. The molecular formula is C18H26ClIN2O3. The number of urea groups is 1. The van der Waals surface area contributed by atoms with Gasteiger partial charge in [0.1, 0.15) is 5.60 Å². The summed E-state index contributed by atoms with van der Waals surface area (Å²) in [5.74, 6) is 0. The third kappa shape index (κ3) is 4.78. The second kappa shape index (κ2) is 9.39. The first-order valence-electron chi connectivity index (χ1n) is 8.58. The van der Waals surface area contributed by atoms with Gasteiger partial charge >= 0.3 is 6.03 Å². The molecule has 1 saturated heterocycles. The van der Waals surface area contributed by atoms with Crippen LogP contribution in [0.1, 0.15) is 37.7 Å². The van der Waals surface area contributed by atoms with Gasteiger partial charge in [-0.15, -0.1) is 0 Å². The van der Waals surface area contributed by atoms with Crippen molar-refractivity contribution in [3.63, 3.8) is 0 Å². The molecule has 0 bridgehead atoms. The van der Waals surface area contributed by atoms with Crippen molar-refractivity contribution in [2.75, 3.05) is 20.3 Å². The molecule has 2 rings (SSSR count). The Morgan fingerprint density at radius 2 is 2.32 bits per heavy atom. The van der Waals surface area contributed by atoms with Crippen molar-refractivity contribution in [1.29, 1.82) is 0 Å². The second-order valence-electron chi connectivity index (χ2n) is 6.48. The lowest BCUT2D eigenvalue weighted by Crippen LogP contribution is -2.59. The standard InChI is InChI=1S/C18H26ClIN2O3/c1-25-11-5-8-15(20)18(24,13-6-4-7-14(19)12-13)16-9-2-3-10-22(16)17(21)23/h4,6-7,12,15-16,24H,2-3,5,8-11H2,1H3,(H2,21,23)/t15?,16?,18-/m1/s1. The van der Waals surface area contributed by atoms with Gasteiger partial charge in [0.05, 0.1) is 6.04 Å². The Bertz CT molecular complexity index is 589. The number of aliphatic hydroxyl groups is 1. The topological polar surface area (TPSA) is 75.8 Å². The van der Waals surface area contributed by atoms with Gasteiger partial charge in [-0.25, -0.2) is 4.79 Å². The third-order valence-corrected chi connectivity index (χ3v) is 6.67. The number of ether oxygens (including phenoxy) is 1. The predicted octanol–water partition coefficient (Wildman–Crippen LogP) is 3.69. The Kier molecular flexibility index (Phi) is 7.79. The lowest BCUT2D eigenvalue weighted by Gasteiger charge is -2.47. The van der Waals surface area contributed by atoms with E-state index in [-0.39, 0.29) is 9.97 Å². The number of rotatable bonds is 7. The van der Waals surface area contributed by atoms with Gasteiger partial charge in [0.2, 0.25) is 0 Å². The Balaban J connectivity index is 2.41. The molecule has 1 heterocycles. The van der Waals surface area contributed by atoms with Crippen molar-refractivity contribution in [3.8, 4) is 0 Å². The summed E-state index contributed by atoms with van der Waals surface area (Å²) in [5.41, 5.74) is 5.13. The summed E-state index contributed by atoms with van der Waals surface area (Å²) >= 11 is 8.47. The van der Waals surface area contributed by atoms with Crippen LogP contribution in [0.4, 0.5) is 4.79 Å². The lowest BCUT2D eigenvalue weighted by molar-refractivity contribution is -0.0519. The zero-order valence-electron chi connectivity index (χ0n) is 14.5. The molecule has 0 spiro atoms. The molecule has 25 heavy (non-hydrogen) atoms. The molecule has 1 aromatic carbocycles. The number of piperidine rings is 1. The van der Waals surface area contributed by atoms with Crippen molar-refractivity contribution in [3.05, 3.63) is 34.9 Å². The second-order valence-corrected chi connectivity index (χ2v) is 8.42. The van der Waals surface area contributed by atoms with Gasteiger partial charge in [-0.1, -0.05) is 46.3 Å². The van der Waals surface area contributed by atoms with Gasteiger partial charge < -0.3 is 20.5 Å². The number of amides is 2. The minimum Gasteiger partial charge on any atom is -0.385 e. The molecule has 0 aromatic heterocycles. The highest BCUT2D eigenvalue weighted by Gasteiger charge is 2.48. The molecule has 7 heteroatoms. The van der Waals surface area contributed by atoms with E-state index in [4.69, 9.17) is 22.1 Å². The number of halogens is 2. The van der Waals surface area contributed by atoms with E-state index in [0.29, 0.717) is 18.2 Å². The number of carbonyl (C=O) groups is 1. The number of likely N-dealkylation sites (tertiary alicyclic amines) is 1. The molecule has 1 fully saturated rings. The zero-order chi connectivity index (χ0) is 18.4. The molecule has 140 valence electrons. The minimum absolute atomic E-state index is 0.108. The fraction of sp³-hybridized carbons (Fsp3) is 0.611. The van der Waals surface area contributed by atoms with Crippen molar-refractivity contribution >= 4 is 40.2 Å². The number of hydrogen-bond acceptors (Lipinski definition) is 3. The molecule has 5 nitrogen and oxygen atoms in total. The van der Waals surface area contributed by atoms with Crippen LogP contribution in [-0.2, 0) is 10.3 Å². The van der Waals surface area contributed by atoms with Gasteiger partial charge in [-0.3, -0.25) is 0 Å². The molecular weight excluding hydrogens is 455 g/mol. The molecule has 1 aliphatic rings. The highest BCUT2D eigenvalue weighted by atomic mass is 127. The first-order valence-corrected chi connectivity index (χ1v) is 10.2. The van der Waals surface area contributed by atoms with E-state index >= 15 is 0 Å². The van der Waals surface area contributed by atoms with Crippen LogP contribution in [0.3, 0.4) is 0 Å². The number of primary amides is 1. The largest absolute Gasteiger partial charge is 0.385 e. The molecule has 2 unspecified atom stereocenters. The number of nitrogens with zero attached hydrogens (tertiary/aromatic N) is 1. The normalized spacial score (nSPS) is 21.6. The average Bonchev–Trinajstić information content (AvgIpc) is 2.61. The number of alkyl halides is 1. The number of hydrogen-bond donors (Lipinski definition) is 2. The smallest absolute Gasteiger partial charge is 0.315 e. The minimum atomic E-state index is -1.21. The summed E-state index contributed by atoms with van der Waals surface area (Å²) in [5, 5.41) is 12.4. The summed E-state index contributed by atoms with van der Waals surface area (Å²) < 4.78 is 5.04. The predicted molar refractivity (Wildman–Crippen MR) is 108 cm³/mol. The maximum absolute atomic E-state index is 12.0. The monoisotopic (exact) mass is 480 g/mol. The zero-order valence-corrected chi connectivity index (χ0v) is 17.4. The van der Waals surface area contributed by atoms with Crippen LogP contribution in [0, 0.1) is 0 Å². The maximum Gasteiger partial charge on any atom is 0.315 e. The molecule has 1 aromatic rings. The van der Waals surface area contributed by atoms with E-state index in [1.807, 2.05) is 12.1 Å². The third-order valence-electron chi connectivity index (χ3n) is 4.86. The van der Waals surface area contributed by atoms with Crippen molar-refractivity contribution in [2.24, 2.45) is 5.73 Å². The van der Waals surface area contributed by atoms with Crippen molar-refractivity contribution in [2.45, 2.75) is 47.7 Å². The highest BCUT2D eigenvalue weighted by molar-refractivity contribution is 14.1. The fourth-order valence-electron chi connectivity index (χ4n) is 3.60. The van der Waals surface area contributed by atoms with Crippen LogP contribution in [0.15, 0.2) is 24.3 Å².